The molecule has 0 saturated carbocycles. The summed E-state index contributed by atoms with van der Waals surface area (Å²) in [5, 5.41) is 0. The second-order valence-electron chi connectivity index (χ2n) is 6.63. The van der Waals surface area contributed by atoms with Crippen LogP contribution in [0.3, 0.4) is 0 Å². The van der Waals surface area contributed by atoms with Crippen LogP contribution in [0.15, 0.2) is 35.4 Å². The molecule has 19 heavy (non-hydrogen) atoms. The van der Waals surface area contributed by atoms with E-state index in [1.807, 2.05) is 0 Å². The lowest BCUT2D eigenvalue weighted by Gasteiger charge is -2.48. The van der Waals surface area contributed by atoms with Crippen molar-refractivity contribution in [1.29, 1.82) is 0 Å². The van der Waals surface area contributed by atoms with Crippen LogP contribution >= 0.6 is 0 Å². The third-order valence-electron chi connectivity index (χ3n) is 6.01. The summed E-state index contributed by atoms with van der Waals surface area (Å²) in [5.74, 6) is 3.12. The lowest BCUT2D eigenvalue weighted by molar-refractivity contribution is 0.288. The summed E-state index contributed by atoms with van der Waals surface area (Å²) in [4.78, 5) is 2.66. The molecule has 4 aliphatic rings. The quantitative estimate of drug-likeness (QED) is 0.688. The van der Waals surface area contributed by atoms with Crippen molar-refractivity contribution in [3.63, 3.8) is 0 Å². The number of hydrogen-bond acceptors (Lipinski definition) is 1. The summed E-state index contributed by atoms with van der Waals surface area (Å²) < 4.78 is 0. The molecule has 2 bridgehead atoms. The number of allylic oxidation sites excluding steroid dienone is 2. The minimum atomic E-state index is 0.697. The molecule has 1 aliphatic heterocycles. The van der Waals surface area contributed by atoms with E-state index < -0.39 is 0 Å². The SMILES string of the molecule is CCN1C[C@@H]2[C@H](C1)[C@@H]1C(C)=C(C)[C@H]2c2ccccc21. The number of likely N-dealkylation sites (tertiary alicyclic amines) is 1. The van der Waals surface area contributed by atoms with Crippen molar-refractivity contribution >= 4 is 0 Å². The van der Waals surface area contributed by atoms with Gasteiger partial charge in [0.15, 0.2) is 0 Å². The zero-order valence-corrected chi connectivity index (χ0v) is 12.2. The van der Waals surface area contributed by atoms with Gasteiger partial charge in [0.05, 0.1) is 0 Å². The molecule has 0 N–H and O–H groups in total. The molecule has 0 amide bonds. The Labute approximate surface area is 116 Å². The first-order chi connectivity index (χ1) is 9.22. The van der Waals surface area contributed by atoms with Crippen molar-refractivity contribution < 1.29 is 0 Å². The van der Waals surface area contributed by atoms with Crippen molar-refractivity contribution in [2.24, 2.45) is 11.8 Å². The second-order valence-corrected chi connectivity index (χ2v) is 6.63. The molecule has 1 saturated heterocycles. The van der Waals surface area contributed by atoms with Crippen LogP contribution in [0.1, 0.15) is 43.7 Å². The van der Waals surface area contributed by atoms with Gasteiger partial charge in [0.2, 0.25) is 0 Å². The van der Waals surface area contributed by atoms with Gasteiger partial charge in [-0.1, -0.05) is 42.3 Å². The van der Waals surface area contributed by atoms with E-state index in [0.717, 1.165) is 11.8 Å². The summed E-state index contributed by atoms with van der Waals surface area (Å²) in [5.41, 5.74) is 6.61. The summed E-state index contributed by atoms with van der Waals surface area (Å²) >= 11 is 0. The topological polar surface area (TPSA) is 3.24 Å². The average Bonchev–Trinajstić information content (AvgIpc) is 2.86. The van der Waals surface area contributed by atoms with Crippen LogP contribution in [0.4, 0.5) is 0 Å². The third kappa shape index (κ3) is 1.40. The van der Waals surface area contributed by atoms with Crippen molar-refractivity contribution in [2.45, 2.75) is 32.6 Å². The average molecular weight is 253 g/mol. The molecule has 0 radical (unpaired) electrons. The third-order valence-corrected chi connectivity index (χ3v) is 6.01. The Morgan fingerprint density at radius 3 is 1.84 bits per heavy atom. The van der Waals surface area contributed by atoms with E-state index in [-0.39, 0.29) is 0 Å². The van der Waals surface area contributed by atoms with E-state index in [4.69, 9.17) is 0 Å². The maximum Gasteiger partial charge on any atom is 0.00950 e. The van der Waals surface area contributed by atoms with Crippen molar-refractivity contribution in [3.05, 3.63) is 46.5 Å². The number of hydrogen-bond donors (Lipinski definition) is 0. The second kappa shape index (κ2) is 3.96. The highest BCUT2D eigenvalue weighted by atomic mass is 15.2. The fraction of sp³-hybridized carbons (Fsp3) is 0.556. The van der Waals surface area contributed by atoms with Crippen LogP contribution in [0.2, 0.25) is 0 Å². The first-order valence-corrected chi connectivity index (χ1v) is 7.70. The van der Waals surface area contributed by atoms with Gasteiger partial charge in [-0.15, -0.1) is 0 Å². The summed E-state index contributed by atoms with van der Waals surface area (Å²) in [6.07, 6.45) is 0. The summed E-state index contributed by atoms with van der Waals surface area (Å²) in [6.45, 7) is 10.9. The standard InChI is InChI=1S/C18H23N/c1-4-19-9-15-16(10-19)18-12(3)11(2)17(15)13-7-5-6-8-14(13)18/h5-8,15-18H,4,9-10H2,1-3H3/t15-,16+,17+,18-. The lowest BCUT2D eigenvalue weighted by Crippen LogP contribution is -2.38. The molecule has 1 heteroatoms. The zero-order chi connectivity index (χ0) is 13.1. The normalized spacial score (nSPS) is 36.6. The molecule has 1 fully saturated rings. The monoisotopic (exact) mass is 253 g/mol. The van der Waals surface area contributed by atoms with Crippen LogP contribution in [-0.4, -0.2) is 24.5 Å². The first-order valence-electron chi connectivity index (χ1n) is 7.70. The number of nitrogens with zero attached hydrogens (tertiary/aromatic N) is 1. The van der Waals surface area contributed by atoms with Crippen LogP contribution < -0.4 is 0 Å². The van der Waals surface area contributed by atoms with E-state index >= 15 is 0 Å². The van der Waals surface area contributed by atoms with Crippen LogP contribution in [-0.2, 0) is 0 Å². The zero-order valence-electron chi connectivity index (χ0n) is 12.2. The van der Waals surface area contributed by atoms with Gasteiger partial charge in [-0.2, -0.15) is 0 Å². The molecule has 0 spiro atoms. The van der Waals surface area contributed by atoms with E-state index in [2.05, 4.69) is 49.9 Å². The highest BCUT2D eigenvalue weighted by Gasteiger charge is 2.51. The lowest BCUT2D eigenvalue weighted by atomic mass is 9.56. The molecule has 0 unspecified atom stereocenters. The van der Waals surface area contributed by atoms with Gasteiger partial charge < -0.3 is 4.90 Å². The molecule has 1 aromatic carbocycles. The molecule has 4 atom stereocenters. The molecule has 1 heterocycles. The van der Waals surface area contributed by atoms with Gasteiger partial charge in [0.1, 0.15) is 0 Å². The Bertz CT molecular complexity index is 510. The van der Waals surface area contributed by atoms with Gasteiger partial charge in [0, 0.05) is 24.9 Å². The molecule has 1 aromatic rings. The number of benzene rings is 1. The fourth-order valence-electron chi connectivity index (χ4n) is 5.04. The minimum Gasteiger partial charge on any atom is -0.303 e. The molecular formula is C18H23N. The molecule has 3 aliphatic carbocycles. The molecule has 100 valence electrons. The molecular weight excluding hydrogens is 230 g/mol. The Morgan fingerprint density at radius 1 is 0.947 bits per heavy atom. The molecule has 0 aromatic heterocycles. The summed E-state index contributed by atoms with van der Waals surface area (Å²) in [6, 6.07) is 9.22. The van der Waals surface area contributed by atoms with Crippen LogP contribution in [0, 0.1) is 11.8 Å². The molecule has 1 nitrogen and oxygen atoms in total. The van der Waals surface area contributed by atoms with E-state index in [9.17, 15) is 0 Å². The Hall–Kier alpha value is -1.08. The first kappa shape index (κ1) is 11.7. The Kier molecular flexibility index (Phi) is 2.44. The highest BCUT2D eigenvalue weighted by molar-refractivity contribution is 5.52. The Morgan fingerprint density at radius 2 is 1.42 bits per heavy atom. The van der Waals surface area contributed by atoms with Gasteiger partial charge in [-0.05, 0) is 43.4 Å². The summed E-state index contributed by atoms with van der Waals surface area (Å²) in [7, 11) is 0. The fourth-order valence-corrected chi connectivity index (χ4v) is 5.04. The van der Waals surface area contributed by atoms with Gasteiger partial charge in [0.25, 0.3) is 0 Å². The maximum absolute atomic E-state index is 2.66. The minimum absolute atomic E-state index is 0.697. The van der Waals surface area contributed by atoms with Gasteiger partial charge in [-0.3, -0.25) is 0 Å². The van der Waals surface area contributed by atoms with E-state index in [1.165, 1.54) is 19.6 Å². The highest BCUT2D eigenvalue weighted by Crippen LogP contribution is 2.59. The van der Waals surface area contributed by atoms with Crippen molar-refractivity contribution in [1.82, 2.24) is 4.90 Å². The van der Waals surface area contributed by atoms with Crippen molar-refractivity contribution in [2.75, 3.05) is 19.6 Å². The van der Waals surface area contributed by atoms with Crippen LogP contribution in [0.25, 0.3) is 0 Å². The van der Waals surface area contributed by atoms with Crippen molar-refractivity contribution in [3.8, 4) is 0 Å². The van der Waals surface area contributed by atoms with Crippen LogP contribution in [0.5, 0.6) is 0 Å². The van der Waals surface area contributed by atoms with Gasteiger partial charge in [-0.25, -0.2) is 0 Å². The Balaban J connectivity index is 1.88. The van der Waals surface area contributed by atoms with E-state index in [1.54, 1.807) is 22.3 Å². The van der Waals surface area contributed by atoms with Gasteiger partial charge >= 0.3 is 0 Å². The van der Waals surface area contributed by atoms with E-state index in [0.29, 0.717) is 11.8 Å². The predicted molar refractivity (Wildman–Crippen MR) is 79.4 cm³/mol. The molecule has 5 rings (SSSR count). The largest absolute Gasteiger partial charge is 0.303 e. The number of rotatable bonds is 1. The smallest absolute Gasteiger partial charge is 0.00950 e. The predicted octanol–water partition coefficient (Wildman–Crippen LogP) is 3.79. The maximum atomic E-state index is 2.66.